The summed E-state index contributed by atoms with van der Waals surface area (Å²) in [5, 5.41) is 12.7. The van der Waals surface area contributed by atoms with E-state index in [4.69, 9.17) is 0 Å². The van der Waals surface area contributed by atoms with Crippen LogP contribution in [0, 0.1) is 11.3 Å². The van der Waals surface area contributed by atoms with Crippen LogP contribution in [-0.4, -0.2) is 47.1 Å². The Morgan fingerprint density at radius 2 is 1.89 bits per heavy atom. The largest absolute Gasteiger partial charge is 0.386 e. The molecule has 2 aliphatic rings. The summed E-state index contributed by atoms with van der Waals surface area (Å²) in [6.45, 7) is 6.29. The van der Waals surface area contributed by atoms with E-state index in [9.17, 15) is 14.7 Å². The molecule has 1 saturated carbocycles. The maximum atomic E-state index is 11.8. The number of nitrogens with one attached hydrogen (secondary N) is 1. The van der Waals surface area contributed by atoms with Crippen LogP contribution >= 0.6 is 0 Å². The molecule has 0 bridgehead atoms. The van der Waals surface area contributed by atoms with Crippen molar-refractivity contribution in [2.75, 3.05) is 19.6 Å². The maximum Gasteiger partial charge on any atom is 0.242 e. The van der Waals surface area contributed by atoms with Crippen LogP contribution in [0.5, 0.6) is 0 Å². The SMILES string of the molecule is CC(C)(C)C(=O)NCC(=O)N1CC(O)(C2CC2)C1. The number of hydrogen-bond acceptors (Lipinski definition) is 3. The van der Waals surface area contributed by atoms with Gasteiger partial charge in [0.1, 0.15) is 5.60 Å². The van der Waals surface area contributed by atoms with E-state index in [-0.39, 0.29) is 18.4 Å². The van der Waals surface area contributed by atoms with Gasteiger partial charge in [-0.05, 0) is 18.8 Å². The van der Waals surface area contributed by atoms with E-state index < -0.39 is 11.0 Å². The zero-order valence-corrected chi connectivity index (χ0v) is 11.3. The van der Waals surface area contributed by atoms with Gasteiger partial charge in [-0.15, -0.1) is 0 Å². The summed E-state index contributed by atoms with van der Waals surface area (Å²) in [4.78, 5) is 25.0. The summed E-state index contributed by atoms with van der Waals surface area (Å²) >= 11 is 0. The van der Waals surface area contributed by atoms with Crippen molar-refractivity contribution in [2.45, 2.75) is 39.2 Å². The van der Waals surface area contributed by atoms with Crippen LogP contribution in [0.2, 0.25) is 0 Å². The Morgan fingerprint density at radius 1 is 1.33 bits per heavy atom. The molecule has 2 N–H and O–H groups in total. The first kappa shape index (κ1) is 13.3. The van der Waals surface area contributed by atoms with Crippen molar-refractivity contribution in [3.63, 3.8) is 0 Å². The lowest BCUT2D eigenvalue weighted by Gasteiger charge is -2.47. The fourth-order valence-corrected chi connectivity index (χ4v) is 2.20. The molecule has 5 heteroatoms. The molecule has 18 heavy (non-hydrogen) atoms. The van der Waals surface area contributed by atoms with Gasteiger partial charge in [-0.25, -0.2) is 0 Å². The third-order valence-corrected chi connectivity index (χ3v) is 3.70. The predicted molar refractivity (Wildman–Crippen MR) is 66.7 cm³/mol. The van der Waals surface area contributed by atoms with Crippen molar-refractivity contribution < 1.29 is 14.7 Å². The molecule has 0 unspecified atom stereocenters. The average Bonchev–Trinajstić information content (AvgIpc) is 3.03. The van der Waals surface area contributed by atoms with Crippen LogP contribution in [-0.2, 0) is 9.59 Å². The molecule has 2 fully saturated rings. The van der Waals surface area contributed by atoms with E-state index in [0.717, 1.165) is 12.8 Å². The van der Waals surface area contributed by atoms with Gasteiger partial charge >= 0.3 is 0 Å². The first-order valence-corrected chi connectivity index (χ1v) is 6.51. The van der Waals surface area contributed by atoms with E-state index >= 15 is 0 Å². The lowest BCUT2D eigenvalue weighted by atomic mass is 9.88. The fourth-order valence-electron chi connectivity index (χ4n) is 2.20. The summed E-state index contributed by atoms with van der Waals surface area (Å²) in [6.07, 6.45) is 2.14. The molecule has 102 valence electrons. The molecule has 0 aromatic heterocycles. The average molecular weight is 254 g/mol. The summed E-state index contributed by atoms with van der Waals surface area (Å²) in [5.74, 6) is 0.137. The molecule has 0 spiro atoms. The van der Waals surface area contributed by atoms with Crippen LogP contribution in [0.15, 0.2) is 0 Å². The minimum atomic E-state index is -0.649. The number of rotatable bonds is 3. The number of hydrogen-bond donors (Lipinski definition) is 2. The van der Waals surface area contributed by atoms with E-state index in [2.05, 4.69) is 5.32 Å². The normalized spacial score (nSPS) is 22.3. The van der Waals surface area contributed by atoms with Gasteiger partial charge < -0.3 is 15.3 Å². The zero-order chi connectivity index (χ0) is 13.6. The van der Waals surface area contributed by atoms with Crippen molar-refractivity contribution in [2.24, 2.45) is 11.3 Å². The smallest absolute Gasteiger partial charge is 0.242 e. The molecule has 0 radical (unpaired) electrons. The third kappa shape index (κ3) is 2.66. The van der Waals surface area contributed by atoms with Crippen LogP contribution < -0.4 is 5.32 Å². The van der Waals surface area contributed by atoms with Gasteiger partial charge in [-0.1, -0.05) is 20.8 Å². The molecular weight excluding hydrogens is 232 g/mol. The van der Waals surface area contributed by atoms with Crippen LogP contribution in [0.4, 0.5) is 0 Å². The lowest BCUT2D eigenvalue weighted by Crippen LogP contribution is -2.66. The van der Waals surface area contributed by atoms with E-state index in [0.29, 0.717) is 19.0 Å². The number of amides is 2. The molecular formula is C13H22N2O3. The quantitative estimate of drug-likeness (QED) is 0.752. The maximum absolute atomic E-state index is 11.8. The number of nitrogens with zero attached hydrogens (tertiary/aromatic N) is 1. The second-order valence-corrected chi connectivity index (χ2v) is 6.56. The Balaban J connectivity index is 1.72. The monoisotopic (exact) mass is 254 g/mol. The molecule has 5 nitrogen and oxygen atoms in total. The number of carbonyl (C=O) groups is 2. The first-order chi connectivity index (χ1) is 8.22. The molecule has 1 aliphatic heterocycles. The Bertz CT molecular complexity index is 363. The van der Waals surface area contributed by atoms with Crippen molar-refractivity contribution >= 4 is 11.8 Å². The Morgan fingerprint density at radius 3 is 2.33 bits per heavy atom. The Kier molecular flexibility index (Phi) is 3.13. The van der Waals surface area contributed by atoms with Gasteiger partial charge in [0.25, 0.3) is 0 Å². The highest BCUT2D eigenvalue weighted by Gasteiger charge is 2.53. The summed E-state index contributed by atoms with van der Waals surface area (Å²) in [6, 6.07) is 0. The topological polar surface area (TPSA) is 69.6 Å². The molecule has 1 heterocycles. The van der Waals surface area contributed by atoms with Crippen molar-refractivity contribution in [3.8, 4) is 0 Å². The van der Waals surface area contributed by atoms with E-state index in [1.54, 1.807) is 4.90 Å². The van der Waals surface area contributed by atoms with Gasteiger partial charge in [0, 0.05) is 5.41 Å². The highest BCUT2D eigenvalue weighted by Crippen LogP contribution is 2.44. The lowest BCUT2D eigenvalue weighted by molar-refractivity contribution is -0.159. The number of carbonyl (C=O) groups excluding carboxylic acids is 2. The van der Waals surface area contributed by atoms with Gasteiger partial charge in [0.2, 0.25) is 11.8 Å². The molecule has 2 amide bonds. The second-order valence-electron chi connectivity index (χ2n) is 6.56. The standard InChI is InChI=1S/C13H22N2O3/c1-12(2,3)11(17)14-6-10(16)15-7-13(18,8-15)9-4-5-9/h9,18H,4-8H2,1-3H3,(H,14,17). The fraction of sp³-hybridized carbons (Fsp3) is 0.846. The molecule has 0 aromatic rings. The van der Waals surface area contributed by atoms with E-state index in [1.165, 1.54) is 0 Å². The third-order valence-electron chi connectivity index (χ3n) is 3.70. The minimum Gasteiger partial charge on any atom is -0.386 e. The van der Waals surface area contributed by atoms with Gasteiger partial charge in [0.05, 0.1) is 19.6 Å². The minimum absolute atomic E-state index is 0.0247. The summed E-state index contributed by atoms with van der Waals surface area (Å²) in [7, 11) is 0. The van der Waals surface area contributed by atoms with Gasteiger partial charge in [0.15, 0.2) is 0 Å². The van der Waals surface area contributed by atoms with Crippen molar-refractivity contribution in [1.82, 2.24) is 10.2 Å². The van der Waals surface area contributed by atoms with E-state index in [1.807, 2.05) is 20.8 Å². The first-order valence-electron chi connectivity index (χ1n) is 6.51. The van der Waals surface area contributed by atoms with Crippen molar-refractivity contribution in [3.05, 3.63) is 0 Å². The van der Waals surface area contributed by atoms with Gasteiger partial charge in [-0.2, -0.15) is 0 Å². The summed E-state index contributed by atoms with van der Waals surface area (Å²) < 4.78 is 0. The van der Waals surface area contributed by atoms with Crippen LogP contribution in [0.1, 0.15) is 33.6 Å². The molecule has 0 aromatic carbocycles. The second kappa shape index (κ2) is 4.23. The van der Waals surface area contributed by atoms with Crippen LogP contribution in [0.25, 0.3) is 0 Å². The molecule has 0 atom stereocenters. The molecule has 1 aliphatic carbocycles. The van der Waals surface area contributed by atoms with Crippen molar-refractivity contribution in [1.29, 1.82) is 0 Å². The number of aliphatic hydroxyl groups is 1. The zero-order valence-electron chi connectivity index (χ0n) is 11.3. The summed E-state index contributed by atoms with van der Waals surface area (Å²) in [5.41, 5.74) is -1.13. The number of β-amino-alcohol motifs (C(OH)–C–C–N with tert-alkyl or cyclic N) is 1. The predicted octanol–water partition coefficient (Wildman–Crippen LogP) is 0.132. The number of likely N-dealkylation sites (tertiary alicyclic amines) is 1. The van der Waals surface area contributed by atoms with Crippen LogP contribution in [0.3, 0.4) is 0 Å². The highest BCUT2D eigenvalue weighted by molar-refractivity contribution is 5.87. The highest BCUT2D eigenvalue weighted by atomic mass is 16.3. The van der Waals surface area contributed by atoms with Gasteiger partial charge in [-0.3, -0.25) is 9.59 Å². The Hall–Kier alpha value is -1.10. The molecule has 2 rings (SSSR count). The Labute approximate surface area is 108 Å². The molecule has 1 saturated heterocycles.